The summed E-state index contributed by atoms with van der Waals surface area (Å²) in [4.78, 5) is 11.6. The van der Waals surface area contributed by atoms with Crippen LogP contribution < -0.4 is 11.1 Å². The van der Waals surface area contributed by atoms with Gasteiger partial charge in [0.05, 0.1) is 5.69 Å². The van der Waals surface area contributed by atoms with Gasteiger partial charge in [-0.3, -0.25) is 4.79 Å². The number of benzene rings is 1. The Morgan fingerprint density at radius 3 is 2.53 bits per heavy atom. The highest BCUT2D eigenvalue weighted by atomic mass is 32.2. The van der Waals surface area contributed by atoms with Gasteiger partial charge in [-0.25, -0.2) is 8.42 Å². The van der Waals surface area contributed by atoms with Crippen LogP contribution in [0.4, 0.5) is 5.69 Å². The Morgan fingerprint density at radius 2 is 2.00 bits per heavy atom. The second-order valence-corrected chi connectivity index (χ2v) is 6.11. The lowest BCUT2D eigenvalue weighted by atomic mass is 10.2. The van der Waals surface area contributed by atoms with Gasteiger partial charge in [0.1, 0.15) is 10.7 Å². The van der Waals surface area contributed by atoms with Crippen molar-refractivity contribution in [2.45, 2.75) is 0 Å². The number of sulfone groups is 1. The Kier molecular flexibility index (Phi) is 4.19. The first kappa shape index (κ1) is 13.6. The summed E-state index contributed by atoms with van der Waals surface area (Å²) in [6.45, 7) is 0. The summed E-state index contributed by atoms with van der Waals surface area (Å²) in [5.74, 6) is -1.19. The lowest BCUT2D eigenvalue weighted by molar-refractivity contribution is -0.113. The molecule has 5 nitrogen and oxygen atoms in total. The molecule has 1 aromatic rings. The molecule has 0 unspecified atom stereocenters. The lowest BCUT2D eigenvalue weighted by Gasteiger charge is -2.09. The van der Waals surface area contributed by atoms with Gasteiger partial charge in [0.15, 0.2) is 9.84 Å². The molecule has 0 heterocycles. The molecule has 92 valence electrons. The number of hydrogen-bond acceptors (Lipinski definition) is 4. The average molecular weight is 272 g/mol. The second kappa shape index (κ2) is 5.24. The molecule has 17 heavy (non-hydrogen) atoms. The van der Waals surface area contributed by atoms with E-state index in [4.69, 9.17) is 18.0 Å². The topological polar surface area (TPSA) is 89.3 Å². The SMILES string of the molecule is CS(=O)(=O)CC(=O)Nc1ccccc1C(N)=S. The average Bonchev–Trinajstić information content (AvgIpc) is 2.14. The van der Waals surface area contributed by atoms with Crippen molar-refractivity contribution in [1.82, 2.24) is 0 Å². The first-order chi connectivity index (χ1) is 7.79. The number of nitrogens with one attached hydrogen (secondary N) is 1. The molecule has 0 fully saturated rings. The zero-order valence-electron chi connectivity index (χ0n) is 9.14. The van der Waals surface area contributed by atoms with Crippen LogP contribution in [-0.4, -0.2) is 31.3 Å². The highest BCUT2D eigenvalue weighted by molar-refractivity contribution is 7.91. The maximum absolute atomic E-state index is 11.4. The van der Waals surface area contributed by atoms with Gasteiger partial charge in [-0.1, -0.05) is 24.4 Å². The van der Waals surface area contributed by atoms with Crippen molar-refractivity contribution in [3.05, 3.63) is 29.8 Å². The fourth-order valence-electron chi connectivity index (χ4n) is 1.23. The first-order valence-electron chi connectivity index (χ1n) is 4.66. The van der Waals surface area contributed by atoms with E-state index in [0.717, 1.165) is 6.26 Å². The number of rotatable bonds is 4. The molecular weight excluding hydrogens is 260 g/mol. The number of anilines is 1. The van der Waals surface area contributed by atoms with Crippen LogP contribution in [0, 0.1) is 0 Å². The number of para-hydroxylation sites is 1. The van der Waals surface area contributed by atoms with Crippen LogP contribution in [0.2, 0.25) is 0 Å². The van der Waals surface area contributed by atoms with Crippen molar-refractivity contribution in [2.24, 2.45) is 5.73 Å². The van der Waals surface area contributed by atoms with Gasteiger partial charge < -0.3 is 11.1 Å². The Bertz CT molecular complexity index is 552. The predicted octanol–water partition coefficient (Wildman–Crippen LogP) is 0.304. The largest absolute Gasteiger partial charge is 0.389 e. The summed E-state index contributed by atoms with van der Waals surface area (Å²) in [6, 6.07) is 6.67. The molecule has 0 atom stereocenters. The van der Waals surface area contributed by atoms with Crippen molar-refractivity contribution < 1.29 is 13.2 Å². The van der Waals surface area contributed by atoms with Crippen molar-refractivity contribution in [3.63, 3.8) is 0 Å². The summed E-state index contributed by atoms with van der Waals surface area (Å²) in [6.07, 6.45) is 0.992. The highest BCUT2D eigenvalue weighted by Crippen LogP contribution is 2.14. The Labute approximate surface area is 105 Å². The van der Waals surface area contributed by atoms with Crippen molar-refractivity contribution >= 4 is 38.6 Å². The smallest absolute Gasteiger partial charge is 0.239 e. The zero-order chi connectivity index (χ0) is 13.1. The van der Waals surface area contributed by atoms with E-state index in [2.05, 4.69) is 5.32 Å². The molecule has 0 saturated heterocycles. The van der Waals surface area contributed by atoms with Crippen LogP contribution in [0.5, 0.6) is 0 Å². The maximum atomic E-state index is 11.4. The van der Waals surface area contributed by atoms with Crippen LogP contribution in [0.25, 0.3) is 0 Å². The zero-order valence-corrected chi connectivity index (χ0v) is 10.8. The number of amides is 1. The molecule has 0 bridgehead atoms. The van der Waals surface area contributed by atoms with E-state index in [-0.39, 0.29) is 4.99 Å². The van der Waals surface area contributed by atoms with E-state index >= 15 is 0 Å². The van der Waals surface area contributed by atoms with Crippen molar-refractivity contribution in [2.75, 3.05) is 17.3 Å². The second-order valence-electron chi connectivity index (χ2n) is 3.53. The Morgan fingerprint density at radius 1 is 1.41 bits per heavy atom. The maximum Gasteiger partial charge on any atom is 0.239 e. The normalized spacial score (nSPS) is 10.9. The number of carbonyl (C=O) groups excluding carboxylic acids is 1. The van der Waals surface area contributed by atoms with Gasteiger partial charge in [0.25, 0.3) is 0 Å². The highest BCUT2D eigenvalue weighted by Gasteiger charge is 2.13. The fourth-order valence-corrected chi connectivity index (χ4v) is 1.96. The van der Waals surface area contributed by atoms with Crippen molar-refractivity contribution in [3.8, 4) is 0 Å². The van der Waals surface area contributed by atoms with Crippen LogP contribution in [0.1, 0.15) is 5.56 Å². The van der Waals surface area contributed by atoms with E-state index in [0.29, 0.717) is 11.3 Å². The number of thiocarbonyl (C=S) groups is 1. The van der Waals surface area contributed by atoms with Crippen LogP contribution in [-0.2, 0) is 14.6 Å². The molecule has 0 aromatic heterocycles. The molecule has 1 aromatic carbocycles. The third-order valence-electron chi connectivity index (χ3n) is 1.86. The molecular formula is C10H12N2O3S2. The van der Waals surface area contributed by atoms with Gasteiger partial charge in [-0.2, -0.15) is 0 Å². The summed E-state index contributed by atoms with van der Waals surface area (Å²) >= 11 is 4.82. The standard InChI is InChI=1S/C10H12N2O3S2/c1-17(14,15)6-9(13)12-8-5-3-2-4-7(8)10(11)16/h2-5H,6H2,1H3,(H2,11,16)(H,12,13). The molecule has 0 aliphatic carbocycles. The molecule has 0 aliphatic rings. The molecule has 0 spiro atoms. The quantitative estimate of drug-likeness (QED) is 0.770. The van der Waals surface area contributed by atoms with E-state index in [1.54, 1.807) is 24.3 Å². The summed E-state index contributed by atoms with van der Waals surface area (Å²) in [5.41, 5.74) is 6.39. The van der Waals surface area contributed by atoms with Gasteiger partial charge in [0, 0.05) is 11.8 Å². The summed E-state index contributed by atoms with van der Waals surface area (Å²) < 4.78 is 21.9. The van der Waals surface area contributed by atoms with E-state index < -0.39 is 21.5 Å². The lowest BCUT2D eigenvalue weighted by Crippen LogP contribution is -2.23. The minimum absolute atomic E-state index is 0.139. The third kappa shape index (κ3) is 4.49. The predicted molar refractivity (Wildman–Crippen MR) is 70.7 cm³/mol. The Hall–Kier alpha value is -1.47. The van der Waals surface area contributed by atoms with E-state index in [1.807, 2.05) is 0 Å². The van der Waals surface area contributed by atoms with E-state index in [9.17, 15) is 13.2 Å². The Balaban J connectivity index is 2.89. The first-order valence-corrected chi connectivity index (χ1v) is 7.13. The van der Waals surface area contributed by atoms with Gasteiger partial charge in [-0.05, 0) is 12.1 Å². The van der Waals surface area contributed by atoms with Gasteiger partial charge in [0.2, 0.25) is 5.91 Å². The van der Waals surface area contributed by atoms with E-state index in [1.165, 1.54) is 0 Å². The summed E-state index contributed by atoms with van der Waals surface area (Å²) in [5, 5.41) is 2.46. The van der Waals surface area contributed by atoms with Crippen LogP contribution in [0.15, 0.2) is 24.3 Å². The molecule has 0 saturated carbocycles. The summed E-state index contributed by atoms with van der Waals surface area (Å²) in [7, 11) is -3.35. The number of hydrogen-bond donors (Lipinski definition) is 2. The monoisotopic (exact) mass is 272 g/mol. The van der Waals surface area contributed by atoms with Crippen LogP contribution in [0.3, 0.4) is 0 Å². The van der Waals surface area contributed by atoms with Gasteiger partial charge in [-0.15, -0.1) is 0 Å². The van der Waals surface area contributed by atoms with Crippen LogP contribution >= 0.6 is 12.2 Å². The van der Waals surface area contributed by atoms with Crippen molar-refractivity contribution in [1.29, 1.82) is 0 Å². The molecule has 0 radical (unpaired) electrons. The minimum Gasteiger partial charge on any atom is -0.389 e. The number of carbonyl (C=O) groups is 1. The molecule has 7 heteroatoms. The minimum atomic E-state index is -3.35. The van der Waals surface area contributed by atoms with Gasteiger partial charge >= 0.3 is 0 Å². The fraction of sp³-hybridized carbons (Fsp3) is 0.200. The third-order valence-corrected chi connectivity index (χ3v) is 2.87. The number of nitrogens with two attached hydrogens (primary N) is 1. The molecule has 1 amide bonds. The molecule has 1 rings (SSSR count). The molecule has 0 aliphatic heterocycles. The molecule has 3 N–H and O–H groups in total.